The van der Waals surface area contributed by atoms with Gasteiger partial charge < -0.3 is 9.13 Å². The lowest BCUT2D eigenvalue weighted by Crippen LogP contribution is -2.12. The van der Waals surface area contributed by atoms with Crippen molar-refractivity contribution in [2.24, 2.45) is 0 Å². The van der Waals surface area contributed by atoms with Crippen LogP contribution in [0.2, 0.25) is 0 Å². The van der Waals surface area contributed by atoms with Crippen molar-refractivity contribution in [3.63, 3.8) is 0 Å². The summed E-state index contributed by atoms with van der Waals surface area (Å²) in [5.41, 5.74) is 12.8. The van der Waals surface area contributed by atoms with Gasteiger partial charge in [0.15, 0.2) is 0 Å². The van der Waals surface area contributed by atoms with Gasteiger partial charge in [-0.2, -0.15) is 5.26 Å². The maximum absolute atomic E-state index is 11.0. The van der Waals surface area contributed by atoms with Crippen LogP contribution in [-0.4, -0.2) is 14.1 Å². The second-order valence-corrected chi connectivity index (χ2v) is 16.4. The van der Waals surface area contributed by atoms with Gasteiger partial charge in [0, 0.05) is 32.7 Å². The van der Waals surface area contributed by atoms with Crippen molar-refractivity contribution in [1.29, 1.82) is 5.26 Å². The largest absolute Gasteiger partial charge is 0.307 e. The second-order valence-electron chi connectivity index (χ2n) is 16.4. The van der Waals surface area contributed by atoms with Gasteiger partial charge in [-0.3, -0.25) is 0 Å². The van der Waals surface area contributed by atoms with Gasteiger partial charge in [0.1, 0.15) is 0 Å². The smallest absolute Gasteiger partial charge is 0.0999 e. The van der Waals surface area contributed by atoms with E-state index < -0.39 is 0 Å². The summed E-state index contributed by atoms with van der Waals surface area (Å²) >= 11 is 0. The molecule has 0 amide bonds. The molecule has 262 valence electrons. The maximum Gasteiger partial charge on any atom is 0.0999 e. The first-order valence-corrected chi connectivity index (χ1v) is 18.7. The van der Waals surface area contributed by atoms with Crippen LogP contribution in [0.4, 0.5) is 0 Å². The molecule has 6 aromatic carbocycles. The number of aromatic nitrogens is 3. The van der Waals surface area contributed by atoms with Gasteiger partial charge in [-0.15, -0.1) is 0 Å². The van der Waals surface area contributed by atoms with Crippen molar-refractivity contribution in [2.75, 3.05) is 0 Å². The van der Waals surface area contributed by atoms with Gasteiger partial charge in [0.25, 0.3) is 0 Å². The van der Waals surface area contributed by atoms with E-state index >= 15 is 0 Å². The highest BCUT2D eigenvalue weighted by molar-refractivity contribution is 6.12. The van der Waals surface area contributed by atoms with Crippen molar-refractivity contribution >= 4 is 43.6 Å². The molecule has 0 bridgehead atoms. The Morgan fingerprint density at radius 1 is 0.463 bits per heavy atom. The minimum Gasteiger partial charge on any atom is -0.307 e. The fourth-order valence-electron chi connectivity index (χ4n) is 7.99. The normalized spacial score (nSPS) is 12.2. The van der Waals surface area contributed by atoms with E-state index in [1.165, 1.54) is 32.7 Å². The predicted octanol–water partition coefficient (Wildman–Crippen LogP) is 13.1. The van der Waals surface area contributed by atoms with E-state index in [4.69, 9.17) is 4.98 Å². The van der Waals surface area contributed by atoms with Crippen LogP contribution in [0.25, 0.3) is 77.5 Å². The van der Waals surface area contributed by atoms with Crippen molar-refractivity contribution in [2.45, 2.75) is 52.4 Å². The highest BCUT2D eigenvalue weighted by Crippen LogP contribution is 2.42. The van der Waals surface area contributed by atoms with E-state index in [0.29, 0.717) is 5.56 Å². The van der Waals surface area contributed by atoms with Gasteiger partial charge in [-0.25, -0.2) is 4.98 Å². The van der Waals surface area contributed by atoms with Crippen molar-refractivity contribution < 1.29 is 0 Å². The molecule has 0 N–H and O–H groups in total. The molecule has 3 aromatic heterocycles. The SMILES string of the molecule is CC(C)(C)c1ccc2c3ccccc3n(-c3cc(C#N)c(-c4cccc(-c5ccccc5)n4)cc3-n3c4ccccc4c4ccc(C(C)(C)C)cc43)c2c1. The molecule has 0 saturated heterocycles. The fraction of sp³-hybridized carbons (Fsp3) is 0.160. The number of benzene rings is 6. The summed E-state index contributed by atoms with van der Waals surface area (Å²) in [6.45, 7) is 13.6. The lowest BCUT2D eigenvalue weighted by atomic mass is 9.86. The van der Waals surface area contributed by atoms with Crippen LogP contribution < -0.4 is 0 Å². The summed E-state index contributed by atoms with van der Waals surface area (Å²) in [5, 5.41) is 15.7. The second kappa shape index (κ2) is 12.3. The molecule has 0 aliphatic rings. The molecule has 0 atom stereocenters. The zero-order chi connectivity index (χ0) is 37.4. The molecule has 9 rings (SSSR count). The molecule has 0 aliphatic heterocycles. The van der Waals surface area contributed by atoms with Crippen LogP contribution >= 0.6 is 0 Å². The Balaban J connectivity index is 1.45. The molecule has 0 aliphatic carbocycles. The molecule has 4 heteroatoms. The monoisotopic (exact) mass is 698 g/mol. The van der Waals surface area contributed by atoms with E-state index in [0.717, 1.165) is 56.0 Å². The predicted molar refractivity (Wildman–Crippen MR) is 226 cm³/mol. The number of nitrogens with zero attached hydrogens (tertiary/aromatic N) is 4. The van der Waals surface area contributed by atoms with Crippen LogP contribution in [0.1, 0.15) is 58.2 Å². The summed E-state index contributed by atoms with van der Waals surface area (Å²) < 4.78 is 4.79. The number of hydrogen-bond acceptors (Lipinski definition) is 2. The number of hydrogen-bond donors (Lipinski definition) is 0. The zero-order valence-corrected chi connectivity index (χ0v) is 31.6. The van der Waals surface area contributed by atoms with E-state index in [9.17, 15) is 5.26 Å². The maximum atomic E-state index is 11.0. The molecule has 0 fully saturated rings. The molecule has 0 spiro atoms. The minimum atomic E-state index is -0.0500. The third-order valence-electron chi connectivity index (χ3n) is 10.9. The van der Waals surface area contributed by atoms with Crippen LogP contribution in [0.15, 0.2) is 146 Å². The standard InChI is InChI=1S/C50H42N4/c1-49(2,3)34-23-25-38-36-17-10-12-21-43(36)53(45(38)28-34)47-27-33(31-51)40(42-20-14-19-41(52-42)32-15-8-7-9-16-32)30-48(47)54-44-22-13-11-18-37(44)39-26-24-35(29-46(39)54)50(4,5)6/h7-30H,1-6H3. The van der Waals surface area contributed by atoms with E-state index in [-0.39, 0.29) is 10.8 Å². The van der Waals surface area contributed by atoms with Crippen molar-refractivity contribution in [3.05, 3.63) is 162 Å². The molecule has 9 aromatic rings. The Morgan fingerprint density at radius 2 is 0.944 bits per heavy atom. The number of pyridine rings is 1. The van der Waals surface area contributed by atoms with Crippen LogP contribution in [0.5, 0.6) is 0 Å². The van der Waals surface area contributed by atoms with Crippen LogP contribution in [-0.2, 0) is 10.8 Å². The van der Waals surface area contributed by atoms with Gasteiger partial charge in [0.2, 0.25) is 0 Å². The van der Waals surface area contributed by atoms with E-state index in [1.54, 1.807) is 0 Å². The van der Waals surface area contributed by atoms with Crippen molar-refractivity contribution in [1.82, 2.24) is 14.1 Å². The Morgan fingerprint density at radius 3 is 1.48 bits per heavy atom. The summed E-state index contributed by atoms with van der Waals surface area (Å²) in [5.74, 6) is 0. The molecule has 54 heavy (non-hydrogen) atoms. The first-order chi connectivity index (χ1) is 26.0. The lowest BCUT2D eigenvalue weighted by molar-refractivity contribution is 0.590. The third-order valence-corrected chi connectivity index (χ3v) is 10.9. The Labute approximate surface area is 316 Å². The average Bonchev–Trinajstić information content (AvgIpc) is 3.69. The lowest BCUT2D eigenvalue weighted by Gasteiger charge is -2.22. The number of para-hydroxylation sites is 2. The number of fused-ring (bicyclic) bond motifs is 6. The van der Waals surface area contributed by atoms with Gasteiger partial charge in [-0.1, -0.05) is 139 Å². The van der Waals surface area contributed by atoms with Gasteiger partial charge in [-0.05, 0) is 70.5 Å². The topological polar surface area (TPSA) is 46.5 Å². The molecule has 0 radical (unpaired) electrons. The highest BCUT2D eigenvalue weighted by Gasteiger charge is 2.25. The Kier molecular flexibility index (Phi) is 7.62. The zero-order valence-electron chi connectivity index (χ0n) is 31.6. The summed E-state index contributed by atoms with van der Waals surface area (Å²) in [4.78, 5) is 5.18. The van der Waals surface area contributed by atoms with Gasteiger partial charge >= 0.3 is 0 Å². The molecule has 0 saturated carbocycles. The molecular weight excluding hydrogens is 657 g/mol. The quantitative estimate of drug-likeness (QED) is 0.184. The Bertz CT molecular complexity index is 2960. The first-order valence-electron chi connectivity index (χ1n) is 18.7. The minimum absolute atomic E-state index is 0.0495. The first kappa shape index (κ1) is 33.4. The molecular formula is C50H42N4. The average molecular weight is 699 g/mol. The van der Waals surface area contributed by atoms with E-state index in [2.05, 4.69) is 166 Å². The van der Waals surface area contributed by atoms with E-state index in [1.807, 2.05) is 36.4 Å². The summed E-state index contributed by atoms with van der Waals surface area (Å²) in [6, 6.07) is 54.3. The summed E-state index contributed by atoms with van der Waals surface area (Å²) in [6.07, 6.45) is 0. The molecule has 3 heterocycles. The molecule has 4 nitrogen and oxygen atoms in total. The van der Waals surface area contributed by atoms with Crippen LogP contribution in [0.3, 0.4) is 0 Å². The number of rotatable bonds is 4. The fourth-order valence-corrected chi connectivity index (χ4v) is 7.99. The van der Waals surface area contributed by atoms with Crippen LogP contribution in [0, 0.1) is 11.3 Å². The van der Waals surface area contributed by atoms with Crippen molar-refractivity contribution in [3.8, 4) is 40.0 Å². The molecule has 0 unspecified atom stereocenters. The summed E-state index contributed by atoms with van der Waals surface area (Å²) in [7, 11) is 0. The highest BCUT2D eigenvalue weighted by atomic mass is 15.1. The number of nitriles is 1. The third kappa shape index (κ3) is 5.39. The Hall–Kier alpha value is -6.44. The van der Waals surface area contributed by atoms with Gasteiger partial charge in [0.05, 0.1) is 56.5 Å².